The van der Waals surface area contributed by atoms with Crippen molar-refractivity contribution in [1.82, 2.24) is 14.4 Å². The van der Waals surface area contributed by atoms with Crippen LogP contribution in [0.15, 0.2) is 36.8 Å². The molecule has 0 spiro atoms. The summed E-state index contributed by atoms with van der Waals surface area (Å²) in [5.74, 6) is -0.0831. The second-order valence-corrected chi connectivity index (χ2v) is 5.59. The standard InChI is InChI=1S/C17H14N4O4/c1-2-21-13-5-10(3-4-14(13)25-9-15(21)22)12-8-20-7-11(16(23)24)6-18-17(20)19-12/h3-8H,2,9H2,1H3,(H,23,24). The lowest BCUT2D eigenvalue weighted by Crippen LogP contribution is -2.38. The predicted molar refractivity (Wildman–Crippen MR) is 88.9 cm³/mol. The van der Waals surface area contributed by atoms with Gasteiger partial charge < -0.3 is 14.7 Å². The number of hydrogen-bond acceptors (Lipinski definition) is 5. The van der Waals surface area contributed by atoms with Crippen molar-refractivity contribution in [2.45, 2.75) is 6.92 Å². The van der Waals surface area contributed by atoms with E-state index in [1.54, 1.807) is 21.6 Å². The molecule has 8 nitrogen and oxygen atoms in total. The SMILES string of the molecule is CCN1C(=O)COc2ccc(-c3cn4cc(C(=O)O)cnc4n3)cc21. The number of carboxylic acids is 1. The van der Waals surface area contributed by atoms with Crippen LogP contribution in [0.2, 0.25) is 0 Å². The van der Waals surface area contributed by atoms with E-state index >= 15 is 0 Å². The monoisotopic (exact) mass is 338 g/mol. The van der Waals surface area contributed by atoms with Crippen LogP contribution in [0.4, 0.5) is 5.69 Å². The first-order valence-electron chi connectivity index (χ1n) is 7.72. The third-order valence-corrected chi connectivity index (χ3v) is 4.07. The third kappa shape index (κ3) is 2.47. The molecule has 0 saturated carbocycles. The lowest BCUT2D eigenvalue weighted by molar-refractivity contribution is -0.121. The Morgan fingerprint density at radius 2 is 2.20 bits per heavy atom. The summed E-state index contributed by atoms with van der Waals surface area (Å²) in [4.78, 5) is 33.2. The molecule has 0 radical (unpaired) electrons. The number of anilines is 1. The number of carboxylic acid groups (broad SMARTS) is 1. The van der Waals surface area contributed by atoms with Crippen LogP contribution in [0, 0.1) is 0 Å². The van der Waals surface area contributed by atoms with Gasteiger partial charge in [0.05, 0.1) is 16.9 Å². The van der Waals surface area contributed by atoms with E-state index in [4.69, 9.17) is 9.84 Å². The lowest BCUT2D eigenvalue weighted by atomic mass is 10.1. The molecule has 25 heavy (non-hydrogen) atoms. The van der Waals surface area contributed by atoms with E-state index in [-0.39, 0.29) is 18.1 Å². The second kappa shape index (κ2) is 5.59. The number of benzene rings is 1. The number of amides is 1. The van der Waals surface area contributed by atoms with Gasteiger partial charge in [0.25, 0.3) is 5.91 Å². The van der Waals surface area contributed by atoms with E-state index in [2.05, 4.69) is 9.97 Å². The quantitative estimate of drug-likeness (QED) is 0.783. The molecule has 1 amide bonds. The van der Waals surface area contributed by atoms with Crippen LogP contribution >= 0.6 is 0 Å². The van der Waals surface area contributed by atoms with Gasteiger partial charge in [-0.2, -0.15) is 0 Å². The van der Waals surface area contributed by atoms with Gasteiger partial charge >= 0.3 is 5.97 Å². The fraction of sp³-hybridized carbons (Fsp3) is 0.176. The third-order valence-electron chi connectivity index (χ3n) is 4.07. The van der Waals surface area contributed by atoms with Crippen LogP contribution in [0.1, 0.15) is 17.3 Å². The van der Waals surface area contributed by atoms with E-state index in [0.29, 0.717) is 29.5 Å². The summed E-state index contributed by atoms with van der Waals surface area (Å²) in [6.45, 7) is 2.49. The summed E-state index contributed by atoms with van der Waals surface area (Å²) in [5.41, 5.74) is 2.20. The normalized spacial score (nSPS) is 13.6. The summed E-state index contributed by atoms with van der Waals surface area (Å²) < 4.78 is 7.03. The molecule has 0 unspecified atom stereocenters. The van der Waals surface area contributed by atoms with E-state index in [1.165, 1.54) is 12.4 Å². The molecule has 3 aromatic rings. The minimum atomic E-state index is -1.05. The van der Waals surface area contributed by atoms with Gasteiger partial charge in [0, 0.05) is 30.7 Å². The fourth-order valence-corrected chi connectivity index (χ4v) is 2.84. The van der Waals surface area contributed by atoms with Crippen LogP contribution in [-0.2, 0) is 4.79 Å². The smallest absolute Gasteiger partial charge is 0.338 e. The van der Waals surface area contributed by atoms with Gasteiger partial charge in [-0.05, 0) is 25.1 Å². The van der Waals surface area contributed by atoms with Crippen molar-refractivity contribution in [2.75, 3.05) is 18.1 Å². The maximum absolute atomic E-state index is 12.0. The predicted octanol–water partition coefficient (Wildman–Crippen LogP) is 1.84. The molecule has 0 atom stereocenters. The minimum Gasteiger partial charge on any atom is -0.482 e. The van der Waals surface area contributed by atoms with Crippen LogP contribution in [0.25, 0.3) is 17.0 Å². The zero-order chi connectivity index (χ0) is 17.6. The number of carbonyl (C=O) groups is 2. The van der Waals surface area contributed by atoms with Gasteiger partial charge in [0.15, 0.2) is 6.61 Å². The van der Waals surface area contributed by atoms with Gasteiger partial charge in [-0.25, -0.2) is 14.8 Å². The molecule has 3 heterocycles. The summed E-state index contributed by atoms with van der Waals surface area (Å²) in [7, 11) is 0. The number of fused-ring (bicyclic) bond motifs is 2. The zero-order valence-corrected chi connectivity index (χ0v) is 13.3. The first-order chi connectivity index (χ1) is 12.1. The first kappa shape index (κ1) is 15.1. The Hall–Kier alpha value is -3.42. The van der Waals surface area contributed by atoms with Crippen LogP contribution < -0.4 is 9.64 Å². The minimum absolute atomic E-state index is 0.0381. The number of likely N-dealkylation sites (N-methyl/N-ethyl adjacent to an activating group) is 1. The Morgan fingerprint density at radius 3 is 2.96 bits per heavy atom. The van der Waals surface area contributed by atoms with E-state index in [0.717, 1.165) is 5.56 Å². The van der Waals surface area contributed by atoms with Gasteiger partial charge in [0.1, 0.15) is 5.75 Å². The number of imidazole rings is 1. The van der Waals surface area contributed by atoms with Crippen molar-refractivity contribution in [2.24, 2.45) is 0 Å². The summed E-state index contributed by atoms with van der Waals surface area (Å²) in [5, 5.41) is 9.06. The highest BCUT2D eigenvalue weighted by Gasteiger charge is 2.24. The molecular weight excluding hydrogens is 324 g/mol. The number of aromatic carboxylic acids is 1. The highest BCUT2D eigenvalue weighted by molar-refractivity contribution is 5.98. The number of nitrogens with zero attached hydrogens (tertiary/aromatic N) is 4. The lowest BCUT2D eigenvalue weighted by Gasteiger charge is -2.28. The average Bonchev–Trinajstić information content (AvgIpc) is 3.04. The first-order valence-corrected chi connectivity index (χ1v) is 7.72. The number of rotatable bonds is 3. The molecule has 0 saturated heterocycles. The Bertz CT molecular complexity index is 1010. The van der Waals surface area contributed by atoms with Crippen molar-refractivity contribution in [1.29, 1.82) is 0 Å². The maximum atomic E-state index is 12.0. The molecule has 126 valence electrons. The van der Waals surface area contributed by atoms with Crippen molar-refractivity contribution >= 4 is 23.3 Å². The summed E-state index contributed by atoms with van der Waals surface area (Å²) in [6.07, 6.45) is 4.44. The molecule has 1 aliphatic rings. The fourth-order valence-electron chi connectivity index (χ4n) is 2.84. The van der Waals surface area contributed by atoms with E-state index in [1.807, 2.05) is 19.1 Å². The molecule has 1 aromatic carbocycles. The molecule has 0 fully saturated rings. The molecule has 2 aromatic heterocycles. The Labute approximate surface area is 142 Å². The van der Waals surface area contributed by atoms with Gasteiger partial charge in [-0.15, -0.1) is 0 Å². The largest absolute Gasteiger partial charge is 0.482 e. The number of hydrogen-bond donors (Lipinski definition) is 1. The second-order valence-electron chi connectivity index (χ2n) is 5.59. The average molecular weight is 338 g/mol. The Morgan fingerprint density at radius 1 is 1.36 bits per heavy atom. The molecule has 4 rings (SSSR count). The highest BCUT2D eigenvalue weighted by Crippen LogP contribution is 2.35. The number of aromatic nitrogens is 3. The molecule has 1 N–H and O–H groups in total. The zero-order valence-electron chi connectivity index (χ0n) is 13.3. The van der Waals surface area contributed by atoms with Crippen molar-refractivity contribution in [3.63, 3.8) is 0 Å². The van der Waals surface area contributed by atoms with Gasteiger partial charge in [-0.1, -0.05) is 0 Å². The maximum Gasteiger partial charge on any atom is 0.338 e. The molecule has 1 aliphatic heterocycles. The number of ether oxygens (including phenoxy) is 1. The summed E-state index contributed by atoms with van der Waals surface area (Å²) >= 11 is 0. The Kier molecular flexibility index (Phi) is 3.38. The molecular formula is C17H14N4O4. The molecule has 0 bridgehead atoms. The van der Waals surface area contributed by atoms with Gasteiger partial charge in [-0.3, -0.25) is 9.20 Å². The molecule has 8 heteroatoms. The van der Waals surface area contributed by atoms with Crippen LogP contribution in [-0.4, -0.2) is 44.5 Å². The molecule has 0 aliphatic carbocycles. The number of carbonyl (C=O) groups excluding carboxylic acids is 1. The van der Waals surface area contributed by atoms with Crippen molar-refractivity contribution in [3.8, 4) is 17.0 Å². The summed E-state index contributed by atoms with van der Waals surface area (Å²) in [6, 6.07) is 5.50. The van der Waals surface area contributed by atoms with Crippen molar-refractivity contribution < 1.29 is 19.4 Å². The van der Waals surface area contributed by atoms with Crippen LogP contribution in [0.3, 0.4) is 0 Å². The van der Waals surface area contributed by atoms with Crippen molar-refractivity contribution in [3.05, 3.63) is 42.4 Å². The Balaban J connectivity index is 1.80. The van der Waals surface area contributed by atoms with Crippen LogP contribution in [0.5, 0.6) is 5.75 Å². The van der Waals surface area contributed by atoms with Gasteiger partial charge in [0.2, 0.25) is 5.78 Å². The topological polar surface area (TPSA) is 97.0 Å². The van der Waals surface area contributed by atoms with E-state index in [9.17, 15) is 9.59 Å². The highest BCUT2D eigenvalue weighted by atomic mass is 16.5. The van der Waals surface area contributed by atoms with E-state index < -0.39 is 5.97 Å².